The fraction of sp³-hybridized carbons (Fsp3) is 0.273. The quantitative estimate of drug-likeness (QED) is 0.749. The van der Waals surface area contributed by atoms with Crippen LogP contribution in [0.25, 0.3) is 0 Å². The van der Waals surface area contributed by atoms with Crippen LogP contribution in [-0.4, -0.2) is 32.4 Å². The van der Waals surface area contributed by atoms with E-state index in [1.807, 2.05) is 18.2 Å². The summed E-state index contributed by atoms with van der Waals surface area (Å²) < 4.78 is 0. The molecule has 2 aromatic heterocycles. The number of hydrogen-bond acceptors (Lipinski definition) is 5. The number of carbonyl (C=O) groups is 1. The monoisotopic (exact) mass is 246 g/mol. The van der Waals surface area contributed by atoms with E-state index in [0.717, 1.165) is 5.69 Å². The Kier molecular flexibility index (Phi) is 3.85. The van der Waals surface area contributed by atoms with Crippen molar-refractivity contribution >= 4 is 11.7 Å². The molecule has 0 fully saturated rings. The summed E-state index contributed by atoms with van der Waals surface area (Å²) >= 11 is 0. The first-order chi connectivity index (χ1) is 8.74. The highest BCUT2D eigenvalue weighted by molar-refractivity contribution is 5.75. The van der Waals surface area contributed by atoms with Gasteiger partial charge in [-0.25, -0.2) is 0 Å². The number of anilines is 1. The summed E-state index contributed by atoms with van der Waals surface area (Å²) in [6.45, 7) is 0.603. The van der Waals surface area contributed by atoms with Crippen molar-refractivity contribution < 1.29 is 4.79 Å². The molecule has 7 nitrogen and oxygen atoms in total. The molecular weight excluding hydrogens is 232 g/mol. The van der Waals surface area contributed by atoms with Gasteiger partial charge in [-0.3, -0.25) is 9.78 Å². The topological polar surface area (TPSA) is 98.7 Å². The molecule has 0 radical (unpaired) electrons. The first kappa shape index (κ1) is 12.0. The third kappa shape index (κ3) is 3.55. The first-order valence-corrected chi connectivity index (χ1v) is 5.56. The third-order valence-electron chi connectivity index (χ3n) is 2.27. The van der Waals surface area contributed by atoms with Gasteiger partial charge in [0.1, 0.15) is 6.54 Å². The minimum Gasteiger partial charge on any atom is -0.381 e. The van der Waals surface area contributed by atoms with Crippen LogP contribution < -0.4 is 11.1 Å². The zero-order valence-electron chi connectivity index (χ0n) is 9.78. The Morgan fingerprint density at radius 3 is 3.00 bits per heavy atom. The maximum Gasteiger partial charge on any atom is 0.243 e. The van der Waals surface area contributed by atoms with E-state index in [-0.39, 0.29) is 12.5 Å². The summed E-state index contributed by atoms with van der Waals surface area (Å²) in [5.41, 5.74) is 6.34. The summed E-state index contributed by atoms with van der Waals surface area (Å²) in [6, 6.07) is 5.69. The van der Waals surface area contributed by atoms with Gasteiger partial charge < -0.3 is 11.1 Å². The minimum absolute atomic E-state index is 0.0689. The Morgan fingerprint density at radius 2 is 2.33 bits per heavy atom. The number of nitrogen functional groups attached to an aromatic ring is 1. The van der Waals surface area contributed by atoms with Crippen LogP contribution in [-0.2, 0) is 17.8 Å². The van der Waals surface area contributed by atoms with E-state index in [4.69, 9.17) is 5.73 Å². The lowest BCUT2D eigenvalue weighted by atomic mass is 10.3. The van der Waals surface area contributed by atoms with E-state index >= 15 is 0 Å². The van der Waals surface area contributed by atoms with Gasteiger partial charge in [0, 0.05) is 24.9 Å². The molecule has 0 aliphatic heterocycles. The lowest BCUT2D eigenvalue weighted by Gasteiger charge is -2.04. The Hall–Kier alpha value is -2.44. The second-order valence-corrected chi connectivity index (χ2v) is 3.72. The Labute approximate surface area is 104 Å². The van der Waals surface area contributed by atoms with Crippen LogP contribution in [0.5, 0.6) is 0 Å². The van der Waals surface area contributed by atoms with E-state index in [9.17, 15) is 4.79 Å². The summed E-state index contributed by atoms with van der Waals surface area (Å²) in [5, 5.41) is 10.4. The van der Waals surface area contributed by atoms with Crippen molar-refractivity contribution in [1.82, 2.24) is 25.3 Å². The molecule has 0 aromatic carbocycles. The van der Waals surface area contributed by atoms with Gasteiger partial charge in [0.2, 0.25) is 5.91 Å². The van der Waals surface area contributed by atoms with Crippen molar-refractivity contribution in [3.63, 3.8) is 0 Å². The number of aromatic nitrogens is 4. The van der Waals surface area contributed by atoms with Gasteiger partial charge in [0.25, 0.3) is 0 Å². The normalized spacial score (nSPS) is 10.2. The van der Waals surface area contributed by atoms with Gasteiger partial charge >= 0.3 is 0 Å². The van der Waals surface area contributed by atoms with Gasteiger partial charge in [0.05, 0.1) is 6.20 Å². The highest BCUT2D eigenvalue weighted by Gasteiger charge is 2.04. The SMILES string of the molecule is Nc1cnn(CC(=O)NCCc2ccccn2)n1. The van der Waals surface area contributed by atoms with Crippen molar-refractivity contribution in [1.29, 1.82) is 0 Å². The lowest BCUT2D eigenvalue weighted by molar-refractivity contribution is -0.122. The van der Waals surface area contributed by atoms with E-state index in [0.29, 0.717) is 18.8 Å². The molecule has 0 spiro atoms. The second-order valence-electron chi connectivity index (χ2n) is 3.72. The maximum absolute atomic E-state index is 11.5. The molecule has 0 saturated heterocycles. The largest absolute Gasteiger partial charge is 0.381 e. The third-order valence-corrected chi connectivity index (χ3v) is 2.27. The standard InChI is InChI=1S/C11H14N6O/c12-10-7-15-17(16-10)8-11(18)14-6-4-9-3-1-2-5-13-9/h1-3,5,7H,4,6,8H2,(H2,12,16)(H,14,18). The predicted molar refractivity (Wildman–Crippen MR) is 65.4 cm³/mol. The molecule has 0 saturated carbocycles. The van der Waals surface area contributed by atoms with Gasteiger partial charge in [-0.15, -0.1) is 5.10 Å². The number of nitrogens with one attached hydrogen (secondary N) is 1. The van der Waals surface area contributed by atoms with Gasteiger partial charge in [-0.2, -0.15) is 9.90 Å². The van der Waals surface area contributed by atoms with E-state index in [1.54, 1.807) is 6.20 Å². The van der Waals surface area contributed by atoms with Gasteiger partial charge in [-0.1, -0.05) is 6.07 Å². The molecule has 18 heavy (non-hydrogen) atoms. The van der Waals surface area contributed by atoms with Crippen LogP contribution in [0.2, 0.25) is 0 Å². The molecule has 2 aromatic rings. The molecule has 2 heterocycles. The summed E-state index contributed by atoms with van der Waals surface area (Å²) in [7, 11) is 0. The molecule has 0 bridgehead atoms. The molecule has 2 rings (SSSR count). The number of nitrogens with zero attached hydrogens (tertiary/aromatic N) is 4. The van der Waals surface area contributed by atoms with Gasteiger partial charge in [0.15, 0.2) is 5.82 Å². The number of carbonyl (C=O) groups excluding carboxylic acids is 1. The fourth-order valence-corrected chi connectivity index (χ4v) is 1.45. The van der Waals surface area contributed by atoms with Crippen LogP contribution in [0.3, 0.4) is 0 Å². The number of amides is 1. The molecular formula is C11H14N6O. The summed E-state index contributed by atoms with van der Waals surface area (Å²) in [5.74, 6) is 0.151. The fourth-order valence-electron chi connectivity index (χ4n) is 1.45. The average Bonchev–Trinajstić information content (AvgIpc) is 2.76. The molecule has 0 atom stereocenters. The van der Waals surface area contributed by atoms with E-state index in [1.165, 1.54) is 11.0 Å². The van der Waals surface area contributed by atoms with Gasteiger partial charge in [-0.05, 0) is 12.1 Å². The van der Waals surface area contributed by atoms with Crippen molar-refractivity contribution in [2.75, 3.05) is 12.3 Å². The molecule has 0 unspecified atom stereocenters. The summed E-state index contributed by atoms with van der Waals surface area (Å²) in [6.07, 6.45) is 3.83. The molecule has 7 heteroatoms. The van der Waals surface area contributed by atoms with Crippen LogP contribution in [0.1, 0.15) is 5.69 Å². The Balaban J connectivity index is 1.72. The van der Waals surface area contributed by atoms with E-state index < -0.39 is 0 Å². The number of nitrogens with two attached hydrogens (primary N) is 1. The Morgan fingerprint density at radius 1 is 1.44 bits per heavy atom. The second kappa shape index (κ2) is 5.76. The molecule has 94 valence electrons. The number of hydrogen-bond donors (Lipinski definition) is 2. The Bertz CT molecular complexity index is 509. The molecule has 0 aliphatic carbocycles. The van der Waals surface area contributed by atoms with E-state index in [2.05, 4.69) is 20.5 Å². The number of pyridine rings is 1. The highest BCUT2D eigenvalue weighted by Crippen LogP contribution is 1.93. The highest BCUT2D eigenvalue weighted by atomic mass is 16.2. The predicted octanol–water partition coefficient (Wildman–Crippen LogP) is -0.386. The average molecular weight is 246 g/mol. The maximum atomic E-state index is 11.5. The first-order valence-electron chi connectivity index (χ1n) is 5.56. The van der Waals surface area contributed by atoms with Crippen molar-refractivity contribution in [2.24, 2.45) is 0 Å². The molecule has 3 N–H and O–H groups in total. The van der Waals surface area contributed by atoms with Crippen molar-refractivity contribution in [3.8, 4) is 0 Å². The number of rotatable bonds is 5. The minimum atomic E-state index is -0.151. The lowest BCUT2D eigenvalue weighted by Crippen LogP contribution is -2.30. The smallest absolute Gasteiger partial charge is 0.243 e. The zero-order chi connectivity index (χ0) is 12.8. The van der Waals surface area contributed by atoms with Crippen LogP contribution >= 0.6 is 0 Å². The van der Waals surface area contributed by atoms with Crippen molar-refractivity contribution in [3.05, 3.63) is 36.3 Å². The zero-order valence-corrected chi connectivity index (χ0v) is 9.78. The van der Waals surface area contributed by atoms with Crippen LogP contribution in [0.4, 0.5) is 5.82 Å². The molecule has 1 amide bonds. The van der Waals surface area contributed by atoms with Crippen LogP contribution in [0.15, 0.2) is 30.6 Å². The molecule has 0 aliphatic rings. The van der Waals surface area contributed by atoms with Crippen LogP contribution in [0, 0.1) is 0 Å². The van der Waals surface area contributed by atoms with Crippen molar-refractivity contribution in [2.45, 2.75) is 13.0 Å². The summed E-state index contributed by atoms with van der Waals surface area (Å²) in [4.78, 5) is 17.0.